The van der Waals surface area contributed by atoms with Gasteiger partial charge in [0, 0.05) is 30.2 Å². The number of nitrogens with zero attached hydrogens (tertiary/aromatic N) is 1. The highest BCUT2D eigenvalue weighted by atomic mass is 35.5. The summed E-state index contributed by atoms with van der Waals surface area (Å²) in [4.78, 5) is 14.4. The molecule has 3 nitrogen and oxygen atoms in total. The van der Waals surface area contributed by atoms with Gasteiger partial charge in [-0.1, -0.05) is 17.7 Å². The zero-order valence-corrected chi connectivity index (χ0v) is 11.8. The molecule has 0 saturated carbocycles. The van der Waals surface area contributed by atoms with E-state index in [1.54, 1.807) is 6.07 Å². The van der Waals surface area contributed by atoms with Crippen molar-refractivity contribution in [2.75, 3.05) is 19.6 Å². The van der Waals surface area contributed by atoms with Gasteiger partial charge in [-0.15, -0.1) is 0 Å². The lowest BCUT2D eigenvalue weighted by atomic mass is 9.98. The molecular weight excluding hydrogens is 248 g/mol. The van der Waals surface area contributed by atoms with Crippen molar-refractivity contribution in [1.82, 2.24) is 10.2 Å². The van der Waals surface area contributed by atoms with Crippen LogP contribution in [0.1, 0.15) is 29.8 Å². The number of piperazine rings is 1. The van der Waals surface area contributed by atoms with E-state index in [4.69, 9.17) is 11.6 Å². The fourth-order valence-corrected chi connectivity index (χ4v) is 2.42. The number of carbonyl (C=O) groups excluding carboxylic acids is 1. The Morgan fingerprint density at radius 2 is 2.17 bits per heavy atom. The first-order valence-corrected chi connectivity index (χ1v) is 6.58. The highest BCUT2D eigenvalue weighted by Crippen LogP contribution is 2.22. The van der Waals surface area contributed by atoms with Crippen LogP contribution in [0.2, 0.25) is 5.02 Å². The summed E-state index contributed by atoms with van der Waals surface area (Å²) in [7, 11) is 0. The van der Waals surface area contributed by atoms with Crippen molar-refractivity contribution in [3.8, 4) is 0 Å². The number of amides is 1. The van der Waals surface area contributed by atoms with E-state index in [0.29, 0.717) is 10.6 Å². The number of halogens is 1. The molecule has 1 aromatic rings. The molecule has 0 bridgehead atoms. The number of hydrogen-bond acceptors (Lipinski definition) is 2. The van der Waals surface area contributed by atoms with Gasteiger partial charge in [0.25, 0.3) is 5.91 Å². The van der Waals surface area contributed by atoms with E-state index < -0.39 is 0 Å². The van der Waals surface area contributed by atoms with Crippen LogP contribution in [0.15, 0.2) is 18.2 Å². The maximum atomic E-state index is 12.5. The molecule has 2 rings (SSSR count). The maximum Gasteiger partial charge on any atom is 0.254 e. The minimum atomic E-state index is -0.160. The summed E-state index contributed by atoms with van der Waals surface area (Å²) in [5.74, 6) is 0.0587. The SMILES string of the molecule is Cc1ccc(C(=O)N2CCNCC2(C)C)cc1Cl. The molecule has 1 aromatic carbocycles. The van der Waals surface area contributed by atoms with Gasteiger partial charge < -0.3 is 10.2 Å². The summed E-state index contributed by atoms with van der Waals surface area (Å²) in [6.07, 6.45) is 0. The molecule has 0 unspecified atom stereocenters. The summed E-state index contributed by atoms with van der Waals surface area (Å²) in [5, 5.41) is 3.96. The van der Waals surface area contributed by atoms with Gasteiger partial charge in [-0.05, 0) is 38.5 Å². The molecule has 1 aliphatic rings. The van der Waals surface area contributed by atoms with Gasteiger partial charge in [0.1, 0.15) is 0 Å². The lowest BCUT2D eigenvalue weighted by Crippen LogP contribution is -2.59. The van der Waals surface area contributed by atoms with Crippen molar-refractivity contribution in [2.24, 2.45) is 0 Å². The van der Waals surface area contributed by atoms with Gasteiger partial charge in [-0.3, -0.25) is 4.79 Å². The van der Waals surface area contributed by atoms with Gasteiger partial charge in [-0.25, -0.2) is 0 Å². The van der Waals surface area contributed by atoms with Crippen LogP contribution in [0.25, 0.3) is 0 Å². The second-order valence-corrected chi connectivity index (χ2v) is 5.82. The van der Waals surface area contributed by atoms with Crippen molar-refractivity contribution < 1.29 is 4.79 Å². The molecule has 18 heavy (non-hydrogen) atoms. The smallest absolute Gasteiger partial charge is 0.254 e. The van der Waals surface area contributed by atoms with E-state index in [1.165, 1.54) is 0 Å². The lowest BCUT2D eigenvalue weighted by Gasteiger charge is -2.42. The number of hydrogen-bond donors (Lipinski definition) is 1. The molecule has 0 aromatic heterocycles. The summed E-state index contributed by atoms with van der Waals surface area (Å²) >= 11 is 6.08. The van der Waals surface area contributed by atoms with Crippen LogP contribution in [0, 0.1) is 6.92 Å². The number of rotatable bonds is 1. The number of benzene rings is 1. The first kappa shape index (κ1) is 13.4. The molecule has 0 spiro atoms. The molecule has 0 atom stereocenters. The highest BCUT2D eigenvalue weighted by Gasteiger charge is 2.33. The predicted octanol–water partition coefficient (Wildman–Crippen LogP) is 2.47. The fourth-order valence-electron chi connectivity index (χ4n) is 2.24. The Morgan fingerprint density at radius 1 is 1.44 bits per heavy atom. The predicted molar refractivity (Wildman–Crippen MR) is 74.2 cm³/mol. The zero-order chi connectivity index (χ0) is 13.3. The standard InChI is InChI=1S/C14H19ClN2O/c1-10-4-5-11(8-12(10)15)13(18)17-7-6-16-9-14(17,2)3/h4-5,8,16H,6-7,9H2,1-3H3. The average Bonchev–Trinajstić information content (AvgIpc) is 2.31. The van der Waals surface area contributed by atoms with Crippen molar-refractivity contribution in [2.45, 2.75) is 26.3 Å². The van der Waals surface area contributed by atoms with Crippen molar-refractivity contribution >= 4 is 17.5 Å². The second-order valence-electron chi connectivity index (χ2n) is 5.41. The van der Waals surface area contributed by atoms with Crippen LogP contribution < -0.4 is 5.32 Å². The molecule has 1 saturated heterocycles. The highest BCUT2D eigenvalue weighted by molar-refractivity contribution is 6.31. The molecule has 98 valence electrons. The molecule has 1 amide bonds. The fraction of sp³-hybridized carbons (Fsp3) is 0.500. The summed E-state index contributed by atoms with van der Waals surface area (Å²) < 4.78 is 0. The molecule has 1 heterocycles. The molecule has 1 aliphatic heterocycles. The van der Waals surface area contributed by atoms with E-state index in [9.17, 15) is 4.79 Å². The van der Waals surface area contributed by atoms with Crippen LogP contribution >= 0.6 is 11.6 Å². The third kappa shape index (κ3) is 2.52. The third-order valence-corrected chi connectivity index (χ3v) is 3.87. The van der Waals surface area contributed by atoms with Crippen LogP contribution in [-0.4, -0.2) is 36.0 Å². The van der Waals surface area contributed by atoms with Crippen LogP contribution in [0.5, 0.6) is 0 Å². The van der Waals surface area contributed by atoms with Crippen molar-refractivity contribution in [3.05, 3.63) is 34.3 Å². The molecule has 4 heteroatoms. The van der Waals surface area contributed by atoms with E-state index in [-0.39, 0.29) is 11.4 Å². The third-order valence-electron chi connectivity index (χ3n) is 3.46. The first-order valence-electron chi connectivity index (χ1n) is 6.21. The van der Waals surface area contributed by atoms with E-state index in [0.717, 1.165) is 25.2 Å². The first-order chi connectivity index (χ1) is 8.42. The van der Waals surface area contributed by atoms with E-state index in [2.05, 4.69) is 19.2 Å². The van der Waals surface area contributed by atoms with Crippen molar-refractivity contribution in [3.63, 3.8) is 0 Å². The van der Waals surface area contributed by atoms with Crippen LogP contribution in [0.4, 0.5) is 0 Å². The van der Waals surface area contributed by atoms with Crippen LogP contribution in [-0.2, 0) is 0 Å². The monoisotopic (exact) mass is 266 g/mol. The summed E-state index contributed by atoms with van der Waals surface area (Å²) in [5.41, 5.74) is 1.50. The van der Waals surface area contributed by atoms with E-state index in [1.807, 2.05) is 24.0 Å². The van der Waals surface area contributed by atoms with Crippen molar-refractivity contribution in [1.29, 1.82) is 0 Å². The largest absolute Gasteiger partial charge is 0.331 e. The summed E-state index contributed by atoms with van der Waals surface area (Å²) in [6.45, 7) is 8.48. The topological polar surface area (TPSA) is 32.3 Å². The maximum absolute atomic E-state index is 12.5. The van der Waals surface area contributed by atoms with Gasteiger partial charge >= 0.3 is 0 Å². The number of nitrogens with one attached hydrogen (secondary N) is 1. The lowest BCUT2D eigenvalue weighted by molar-refractivity contribution is 0.0477. The minimum absolute atomic E-state index is 0.0587. The van der Waals surface area contributed by atoms with Gasteiger partial charge in [0.15, 0.2) is 0 Å². The van der Waals surface area contributed by atoms with Gasteiger partial charge in [-0.2, -0.15) is 0 Å². The van der Waals surface area contributed by atoms with Crippen LogP contribution in [0.3, 0.4) is 0 Å². The Kier molecular flexibility index (Phi) is 3.64. The Bertz CT molecular complexity index is 471. The Morgan fingerprint density at radius 3 is 2.78 bits per heavy atom. The Labute approximate surface area is 113 Å². The molecule has 1 N–H and O–H groups in total. The Hall–Kier alpha value is -1.06. The molecular formula is C14H19ClN2O. The number of aryl methyl sites for hydroxylation is 1. The molecule has 0 radical (unpaired) electrons. The number of carbonyl (C=O) groups is 1. The average molecular weight is 267 g/mol. The minimum Gasteiger partial charge on any atom is -0.331 e. The molecule has 1 fully saturated rings. The Balaban J connectivity index is 2.27. The van der Waals surface area contributed by atoms with Gasteiger partial charge in [0.2, 0.25) is 0 Å². The summed E-state index contributed by atoms with van der Waals surface area (Å²) in [6, 6.07) is 5.50. The van der Waals surface area contributed by atoms with E-state index >= 15 is 0 Å². The second kappa shape index (κ2) is 4.90. The molecule has 0 aliphatic carbocycles. The zero-order valence-electron chi connectivity index (χ0n) is 11.1. The van der Waals surface area contributed by atoms with Gasteiger partial charge in [0.05, 0.1) is 5.54 Å². The quantitative estimate of drug-likeness (QED) is 0.847. The normalized spacial score (nSPS) is 18.8.